The quantitative estimate of drug-likeness (QED) is 0.369. The number of β-lactam (4-membered cyclic amide) rings is 1. The molecule has 2 aliphatic rings. The lowest BCUT2D eigenvalue weighted by molar-refractivity contribution is -0.192. The highest BCUT2D eigenvalue weighted by molar-refractivity contribution is 8.00. The fraction of sp³-hybridized carbons (Fsp3) is 0.412. The van der Waals surface area contributed by atoms with Crippen molar-refractivity contribution in [3.05, 3.63) is 33.7 Å². The molecule has 1 aromatic rings. The number of thiophene rings is 1. The molecule has 0 unspecified atom stereocenters. The molecular weight excluding hydrogens is 408 g/mol. The number of hydrogen-bond acceptors (Lipinski definition) is 8. The molecule has 3 rings (SSSR count). The second-order valence-corrected chi connectivity index (χ2v) is 8.22. The first kappa shape index (κ1) is 20.4. The third-order valence-corrected chi connectivity index (χ3v) is 6.57. The first-order valence-corrected chi connectivity index (χ1v) is 10.2. The number of methoxy groups -OCH3 is 1. The van der Waals surface area contributed by atoms with E-state index < -0.39 is 34.9 Å². The van der Waals surface area contributed by atoms with Crippen LogP contribution in [0.2, 0.25) is 0 Å². The first-order chi connectivity index (χ1) is 13.3. The summed E-state index contributed by atoms with van der Waals surface area (Å²) < 4.78 is 10.3. The minimum absolute atomic E-state index is 0.0901. The van der Waals surface area contributed by atoms with Gasteiger partial charge in [0.2, 0.25) is 5.91 Å². The molecule has 1 fully saturated rings. The summed E-state index contributed by atoms with van der Waals surface area (Å²) in [6, 6.07) is 3.63. The van der Waals surface area contributed by atoms with E-state index in [1.54, 1.807) is 6.07 Å². The van der Waals surface area contributed by atoms with E-state index in [-0.39, 0.29) is 24.5 Å². The lowest BCUT2D eigenvalue weighted by atomic mass is 9.98. The van der Waals surface area contributed by atoms with Gasteiger partial charge in [-0.15, -0.1) is 23.1 Å². The van der Waals surface area contributed by atoms with Gasteiger partial charge in [0, 0.05) is 30.2 Å². The summed E-state index contributed by atoms with van der Waals surface area (Å²) >= 11 is 2.65. The van der Waals surface area contributed by atoms with Gasteiger partial charge < -0.3 is 19.9 Å². The lowest BCUT2D eigenvalue weighted by Gasteiger charge is -2.55. The summed E-state index contributed by atoms with van der Waals surface area (Å²) in [7, 11) is 1.29. The Balaban J connectivity index is 1.81. The van der Waals surface area contributed by atoms with Gasteiger partial charge in [-0.25, -0.2) is 4.79 Å². The summed E-state index contributed by atoms with van der Waals surface area (Å²) in [5.74, 6) is -2.72. The van der Waals surface area contributed by atoms with Gasteiger partial charge in [0.05, 0.1) is 6.42 Å². The SMILES string of the molecule is CO[C@]1(NC(=O)Cc2cccs2)C(=O)N2C(C(=O)O)=C(COC(C)=O)CS[C@H]21. The van der Waals surface area contributed by atoms with Gasteiger partial charge in [0.1, 0.15) is 17.7 Å². The van der Waals surface area contributed by atoms with Crippen molar-refractivity contribution in [3.8, 4) is 0 Å². The topological polar surface area (TPSA) is 122 Å². The van der Waals surface area contributed by atoms with Crippen molar-refractivity contribution in [3.63, 3.8) is 0 Å². The van der Waals surface area contributed by atoms with Crippen LogP contribution >= 0.6 is 23.1 Å². The molecule has 1 saturated heterocycles. The predicted octanol–water partition coefficient (Wildman–Crippen LogP) is 0.566. The van der Waals surface area contributed by atoms with Crippen molar-refractivity contribution >= 4 is 46.9 Å². The summed E-state index contributed by atoms with van der Waals surface area (Å²) in [6.07, 6.45) is 0.0901. The number of ether oxygens (including phenoxy) is 2. The summed E-state index contributed by atoms with van der Waals surface area (Å²) in [6.45, 7) is 0.999. The minimum atomic E-state index is -1.63. The van der Waals surface area contributed by atoms with Crippen molar-refractivity contribution in [1.29, 1.82) is 0 Å². The Morgan fingerprint density at radius 2 is 2.18 bits per heavy atom. The van der Waals surface area contributed by atoms with Crippen LogP contribution in [0, 0.1) is 0 Å². The molecule has 2 N–H and O–H groups in total. The number of nitrogens with zero attached hydrogens (tertiary/aromatic N) is 1. The van der Waals surface area contributed by atoms with E-state index in [9.17, 15) is 24.3 Å². The third-order valence-electron chi connectivity index (χ3n) is 4.32. The second-order valence-electron chi connectivity index (χ2n) is 6.12. The number of fused-ring (bicyclic) bond motifs is 1. The van der Waals surface area contributed by atoms with Crippen LogP contribution < -0.4 is 5.32 Å². The van der Waals surface area contributed by atoms with Crippen molar-refractivity contribution in [2.24, 2.45) is 0 Å². The number of rotatable bonds is 7. The molecule has 2 atom stereocenters. The molecule has 1 aromatic heterocycles. The molecule has 0 aromatic carbocycles. The average molecular weight is 426 g/mol. The standard InChI is InChI=1S/C17H18N2O7S2/c1-9(20)26-7-10-8-28-16-17(25-2,15(24)19(16)13(10)14(22)23)18-12(21)6-11-4-3-5-27-11/h3-5,16H,6-8H2,1-2H3,(H,18,21)(H,22,23)/t16-,17+/m0/s1. The number of hydrogen-bond donors (Lipinski definition) is 2. The maximum Gasteiger partial charge on any atom is 0.352 e. The van der Waals surface area contributed by atoms with E-state index in [1.165, 1.54) is 37.1 Å². The van der Waals surface area contributed by atoms with E-state index in [0.29, 0.717) is 5.57 Å². The Labute approximate surface area is 168 Å². The molecule has 3 heterocycles. The Morgan fingerprint density at radius 3 is 2.75 bits per heavy atom. The van der Waals surface area contributed by atoms with Crippen molar-refractivity contribution in [1.82, 2.24) is 10.2 Å². The van der Waals surface area contributed by atoms with Gasteiger partial charge in [0.15, 0.2) is 0 Å². The van der Waals surface area contributed by atoms with E-state index >= 15 is 0 Å². The minimum Gasteiger partial charge on any atom is -0.477 e. The fourth-order valence-corrected chi connectivity index (χ4v) is 5.19. The number of nitrogens with one attached hydrogen (secondary N) is 1. The summed E-state index contributed by atoms with van der Waals surface area (Å²) in [4.78, 5) is 50.0. The van der Waals surface area contributed by atoms with Crippen LogP contribution in [0.15, 0.2) is 28.8 Å². The van der Waals surface area contributed by atoms with Crippen LogP contribution in [0.5, 0.6) is 0 Å². The monoisotopic (exact) mass is 426 g/mol. The van der Waals surface area contributed by atoms with E-state index in [1.807, 2.05) is 11.4 Å². The molecule has 0 aliphatic carbocycles. The molecular formula is C17H18N2O7S2. The zero-order valence-corrected chi connectivity index (χ0v) is 16.7. The van der Waals surface area contributed by atoms with Gasteiger partial charge in [-0.1, -0.05) is 6.07 Å². The lowest BCUT2D eigenvalue weighted by Crippen LogP contribution is -2.80. The highest BCUT2D eigenvalue weighted by atomic mass is 32.2. The average Bonchev–Trinajstić information content (AvgIpc) is 3.15. The van der Waals surface area contributed by atoms with Crippen molar-refractivity contribution < 1.29 is 33.8 Å². The van der Waals surface area contributed by atoms with E-state index in [2.05, 4.69) is 5.32 Å². The van der Waals surface area contributed by atoms with Gasteiger partial charge >= 0.3 is 11.9 Å². The third kappa shape index (κ3) is 3.52. The number of aliphatic carboxylic acids is 1. The predicted molar refractivity (Wildman–Crippen MR) is 100 cm³/mol. The molecule has 11 heteroatoms. The maximum absolute atomic E-state index is 12.9. The van der Waals surface area contributed by atoms with Gasteiger partial charge in [-0.3, -0.25) is 19.3 Å². The zero-order valence-electron chi connectivity index (χ0n) is 15.1. The normalized spacial score (nSPS) is 23.7. The first-order valence-electron chi connectivity index (χ1n) is 8.22. The second kappa shape index (κ2) is 7.94. The Morgan fingerprint density at radius 1 is 1.43 bits per heavy atom. The van der Waals surface area contributed by atoms with Crippen LogP contribution in [-0.2, 0) is 35.1 Å². The number of esters is 1. The number of carbonyl (C=O) groups is 4. The Kier molecular flexibility index (Phi) is 5.77. The molecule has 9 nitrogen and oxygen atoms in total. The Bertz CT molecular complexity index is 852. The largest absolute Gasteiger partial charge is 0.477 e. The fourth-order valence-electron chi connectivity index (χ4n) is 3.07. The number of carboxylic acid groups (broad SMARTS) is 1. The number of thioether (sulfide) groups is 1. The van der Waals surface area contributed by atoms with Crippen LogP contribution in [0.4, 0.5) is 0 Å². The summed E-state index contributed by atoms with van der Waals surface area (Å²) in [5.41, 5.74) is -1.56. The molecule has 0 radical (unpaired) electrons. The van der Waals surface area contributed by atoms with Gasteiger partial charge in [0.25, 0.3) is 11.6 Å². The molecule has 0 spiro atoms. The van der Waals surface area contributed by atoms with Crippen LogP contribution in [-0.4, -0.2) is 64.3 Å². The van der Waals surface area contributed by atoms with Crippen LogP contribution in [0.1, 0.15) is 11.8 Å². The summed E-state index contributed by atoms with van der Waals surface area (Å²) in [5, 5.41) is 13.3. The van der Waals surface area contributed by atoms with Gasteiger partial charge in [-0.2, -0.15) is 0 Å². The highest BCUT2D eigenvalue weighted by Crippen LogP contribution is 2.46. The van der Waals surface area contributed by atoms with Crippen LogP contribution in [0.3, 0.4) is 0 Å². The van der Waals surface area contributed by atoms with Crippen LogP contribution in [0.25, 0.3) is 0 Å². The van der Waals surface area contributed by atoms with Gasteiger partial charge in [-0.05, 0) is 11.4 Å². The number of carboxylic acids is 1. The Hall–Kier alpha value is -2.37. The highest BCUT2D eigenvalue weighted by Gasteiger charge is 2.66. The molecule has 0 saturated carbocycles. The number of carbonyl (C=O) groups excluding carboxylic acids is 3. The molecule has 28 heavy (non-hydrogen) atoms. The smallest absolute Gasteiger partial charge is 0.352 e. The van der Waals surface area contributed by atoms with E-state index in [4.69, 9.17) is 9.47 Å². The molecule has 2 aliphatic heterocycles. The zero-order chi connectivity index (χ0) is 20.5. The maximum atomic E-state index is 12.9. The number of amides is 2. The molecule has 0 bridgehead atoms. The molecule has 2 amide bonds. The van der Waals surface area contributed by atoms with Crippen molar-refractivity contribution in [2.75, 3.05) is 19.5 Å². The van der Waals surface area contributed by atoms with E-state index in [0.717, 1.165) is 9.78 Å². The van der Waals surface area contributed by atoms with Crippen molar-refractivity contribution in [2.45, 2.75) is 24.4 Å². The molecule has 150 valence electrons.